The van der Waals surface area contributed by atoms with Gasteiger partial charge in [0.15, 0.2) is 5.13 Å². The number of nitrogens with zero attached hydrogens (tertiary/aromatic N) is 6. The van der Waals surface area contributed by atoms with E-state index in [4.69, 9.17) is 5.73 Å². The van der Waals surface area contributed by atoms with Gasteiger partial charge in [-0.3, -0.25) is 14.4 Å². The van der Waals surface area contributed by atoms with Crippen LogP contribution in [0.4, 0.5) is 15.6 Å². The molecule has 0 spiro atoms. The van der Waals surface area contributed by atoms with Crippen LogP contribution in [0.3, 0.4) is 0 Å². The van der Waals surface area contributed by atoms with Crippen molar-refractivity contribution in [2.75, 3.05) is 37.7 Å². The van der Waals surface area contributed by atoms with Crippen LogP contribution in [0, 0.1) is 11.3 Å². The molecule has 2 fully saturated rings. The summed E-state index contributed by atoms with van der Waals surface area (Å²) in [4.78, 5) is 60.8. The van der Waals surface area contributed by atoms with Gasteiger partial charge in [0.1, 0.15) is 18.8 Å². The smallest absolute Gasteiger partial charge is 0.332 e. The summed E-state index contributed by atoms with van der Waals surface area (Å²) in [5.41, 5.74) is 9.39. The molecule has 0 saturated carbocycles. The number of amides is 5. The highest BCUT2D eigenvalue weighted by molar-refractivity contribution is 7.22. The van der Waals surface area contributed by atoms with Gasteiger partial charge in [0.25, 0.3) is 5.91 Å². The molecule has 2 aliphatic heterocycles. The maximum absolute atomic E-state index is 14.2. The van der Waals surface area contributed by atoms with Crippen LogP contribution in [0.25, 0.3) is 10.2 Å². The molecule has 3 heterocycles. The van der Waals surface area contributed by atoms with Gasteiger partial charge in [0, 0.05) is 31.3 Å². The standard InChI is InChI=1S/C32H31N9O4S/c1-35-32(45)39(15-14-33)40-19-27(42)41-24(16-20-10-12-23(13-11-20)36-29(43)21-6-3-2-4-7-21)30(44)38(18-26(40)41)17-22-8-5-9-25-28(22)37-31(34)46-25/h2-13,24,26H,15-19H2,1H3,(H2,34,37)(H,35,45)(H,36,43)/t24-,26+/m0/s1. The number of hydrogen-bond donors (Lipinski definition) is 3. The van der Waals surface area contributed by atoms with Crippen molar-refractivity contribution in [2.45, 2.75) is 25.2 Å². The number of nitrogens with two attached hydrogens (primary N) is 1. The molecular formula is C32H31N9O4S. The first-order chi connectivity index (χ1) is 22.3. The summed E-state index contributed by atoms with van der Waals surface area (Å²) < 4.78 is 0.898. The summed E-state index contributed by atoms with van der Waals surface area (Å²) >= 11 is 1.36. The van der Waals surface area contributed by atoms with Crippen LogP contribution in [0.1, 0.15) is 21.5 Å². The van der Waals surface area contributed by atoms with E-state index in [1.165, 1.54) is 28.3 Å². The third-order valence-corrected chi connectivity index (χ3v) is 8.95. The lowest BCUT2D eigenvalue weighted by molar-refractivity contribution is -0.157. The van der Waals surface area contributed by atoms with Crippen molar-refractivity contribution in [3.8, 4) is 6.07 Å². The fourth-order valence-electron chi connectivity index (χ4n) is 5.96. The Labute approximate surface area is 268 Å². The molecule has 2 saturated heterocycles. The number of aromatic nitrogens is 1. The van der Waals surface area contributed by atoms with Crippen molar-refractivity contribution >= 4 is 56.1 Å². The lowest BCUT2D eigenvalue weighted by Gasteiger charge is -2.46. The second-order valence-electron chi connectivity index (χ2n) is 10.9. The highest BCUT2D eigenvalue weighted by Gasteiger charge is 2.52. The number of nitrogens with one attached hydrogen (secondary N) is 2. The number of benzene rings is 3. The van der Waals surface area contributed by atoms with Crippen LogP contribution in [0.5, 0.6) is 0 Å². The van der Waals surface area contributed by atoms with Crippen molar-refractivity contribution in [3.63, 3.8) is 0 Å². The molecule has 0 radical (unpaired) electrons. The van der Waals surface area contributed by atoms with Gasteiger partial charge in [0.2, 0.25) is 11.8 Å². The molecule has 0 bridgehead atoms. The summed E-state index contributed by atoms with van der Waals surface area (Å²) in [5.74, 6) is -0.817. The molecule has 13 nitrogen and oxygen atoms in total. The van der Waals surface area contributed by atoms with Gasteiger partial charge in [-0.2, -0.15) is 10.3 Å². The second kappa shape index (κ2) is 12.8. The van der Waals surface area contributed by atoms with E-state index in [0.717, 1.165) is 15.8 Å². The fourth-order valence-corrected chi connectivity index (χ4v) is 6.74. The van der Waals surface area contributed by atoms with Gasteiger partial charge in [-0.05, 0) is 41.5 Å². The summed E-state index contributed by atoms with van der Waals surface area (Å²) in [7, 11) is 1.45. The second-order valence-corrected chi connectivity index (χ2v) is 12.0. The van der Waals surface area contributed by atoms with Crippen LogP contribution in [-0.2, 0) is 22.6 Å². The highest BCUT2D eigenvalue weighted by Crippen LogP contribution is 2.32. The fraction of sp³-hybridized carbons (Fsp3) is 0.250. The number of para-hydroxylation sites is 1. The Morgan fingerprint density at radius 3 is 2.57 bits per heavy atom. The molecule has 3 aromatic carbocycles. The Kier molecular flexibility index (Phi) is 8.51. The third kappa shape index (κ3) is 5.93. The first-order valence-corrected chi connectivity index (χ1v) is 15.4. The predicted octanol–water partition coefficient (Wildman–Crippen LogP) is 2.63. The zero-order chi connectivity index (χ0) is 32.4. The van der Waals surface area contributed by atoms with E-state index >= 15 is 0 Å². The largest absolute Gasteiger partial charge is 0.375 e. The number of carbonyl (C=O) groups is 4. The van der Waals surface area contributed by atoms with Crippen LogP contribution in [-0.4, -0.2) is 87.4 Å². The van der Waals surface area contributed by atoms with Gasteiger partial charge in [-0.15, -0.1) is 0 Å². The SMILES string of the molecule is CNC(=O)N(CC#N)N1CC(=O)N2[C@@H](Cc3ccc(NC(=O)c4ccccc4)cc3)C(=O)N(Cc3cccc4sc(N)nc34)C[C@@H]21. The van der Waals surface area contributed by atoms with E-state index in [0.29, 0.717) is 21.9 Å². The average Bonchev–Trinajstić information content (AvgIpc) is 3.61. The molecule has 2 aliphatic rings. The summed E-state index contributed by atoms with van der Waals surface area (Å²) in [6.45, 7) is -0.116. The number of carbonyl (C=O) groups excluding carboxylic acids is 4. The number of piperazine rings is 1. The number of hydrogen-bond acceptors (Lipinski definition) is 9. The quantitative estimate of drug-likeness (QED) is 0.248. The van der Waals surface area contributed by atoms with Gasteiger partial charge in [-0.1, -0.05) is 53.8 Å². The molecular weight excluding hydrogens is 606 g/mol. The Morgan fingerprint density at radius 1 is 1.09 bits per heavy atom. The van der Waals surface area contributed by atoms with Crippen LogP contribution >= 0.6 is 11.3 Å². The Balaban J connectivity index is 1.29. The number of thiazole rings is 1. The summed E-state index contributed by atoms with van der Waals surface area (Å²) in [5, 5.41) is 18.1. The van der Waals surface area contributed by atoms with E-state index < -0.39 is 18.2 Å². The Bertz CT molecular complexity index is 1840. The molecule has 46 heavy (non-hydrogen) atoms. The number of hydrazine groups is 1. The maximum atomic E-state index is 14.2. The van der Waals surface area contributed by atoms with Crippen molar-refractivity contribution in [3.05, 3.63) is 89.5 Å². The summed E-state index contributed by atoms with van der Waals surface area (Å²) in [6, 6.07) is 22.3. The maximum Gasteiger partial charge on any atom is 0.332 e. The van der Waals surface area contributed by atoms with E-state index in [9.17, 15) is 24.4 Å². The van der Waals surface area contributed by atoms with Crippen molar-refractivity contribution in [2.24, 2.45) is 0 Å². The topological polar surface area (TPSA) is 168 Å². The number of urea groups is 1. The van der Waals surface area contributed by atoms with Crippen molar-refractivity contribution in [1.82, 2.24) is 30.1 Å². The van der Waals surface area contributed by atoms with Crippen molar-refractivity contribution < 1.29 is 19.2 Å². The van der Waals surface area contributed by atoms with Gasteiger partial charge in [0.05, 0.1) is 29.4 Å². The molecule has 5 amide bonds. The average molecular weight is 638 g/mol. The molecule has 0 unspecified atom stereocenters. The Hall–Kier alpha value is -5.52. The molecule has 2 atom stereocenters. The molecule has 234 valence electrons. The molecule has 4 N–H and O–H groups in total. The minimum atomic E-state index is -0.880. The monoisotopic (exact) mass is 637 g/mol. The molecule has 14 heteroatoms. The van der Waals surface area contributed by atoms with E-state index in [1.54, 1.807) is 46.3 Å². The zero-order valence-corrected chi connectivity index (χ0v) is 25.7. The minimum absolute atomic E-state index is 0.112. The van der Waals surface area contributed by atoms with Gasteiger partial charge in [-0.25, -0.2) is 14.8 Å². The third-order valence-electron chi connectivity index (χ3n) is 8.10. The lowest BCUT2D eigenvalue weighted by atomic mass is 9.99. The van der Waals surface area contributed by atoms with Crippen molar-refractivity contribution in [1.29, 1.82) is 5.26 Å². The first kappa shape index (κ1) is 30.5. The van der Waals surface area contributed by atoms with Gasteiger partial charge >= 0.3 is 6.03 Å². The number of nitrogen functional groups attached to an aromatic ring is 1. The van der Waals surface area contributed by atoms with Crippen LogP contribution in [0.2, 0.25) is 0 Å². The predicted molar refractivity (Wildman–Crippen MR) is 172 cm³/mol. The van der Waals surface area contributed by atoms with Crippen LogP contribution < -0.4 is 16.4 Å². The number of rotatable bonds is 8. The lowest BCUT2D eigenvalue weighted by Crippen LogP contribution is -2.66. The first-order valence-electron chi connectivity index (χ1n) is 14.6. The molecule has 6 rings (SSSR count). The molecule has 0 aliphatic carbocycles. The van der Waals surface area contributed by atoms with Crippen LogP contribution in [0.15, 0.2) is 72.8 Å². The minimum Gasteiger partial charge on any atom is -0.375 e. The highest BCUT2D eigenvalue weighted by atomic mass is 32.1. The Morgan fingerprint density at radius 2 is 1.85 bits per heavy atom. The number of fused-ring (bicyclic) bond motifs is 2. The van der Waals surface area contributed by atoms with E-state index in [-0.39, 0.29) is 50.3 Å². The van der Waals surface area contributed by atoms with E-state index in [1.807, 2.05) is 42.5 Å². The number of nitriles is 1. The normalized spacial score (nSPS) is 17.9. The molecule has 1 aromatic heterocycles. The van der Waals surface area contributed by atoms with Gasteiger partial charge < -0.3 is 26.2 Å². The number of anilines is 2. The van der Waals surface area contributed by atoms with E-state index in [2.05, 4.69) is 15.6 Å². The zero-order valence-electron chi connectivity index (χ0n) is 24.9. The molecule has 4 aromatic rings. The summed E-state index contributed by atoms with van der Waals surface area (Å²) in [6.07, 6.45) is -0.491.